The second-order valence-electron chi connectivity index (χ2n) is 9.97. The van der Waals surface area contributed by atoms with Gasteiger partial charge in [-0.25, -0.2) is 4.98 Å². The van der Waals surface area contributed by atoms with E-state index in [1.807, 2.05) is 84.6 Å². The molecule has 2 aliphatic heterocycles. The Morgan fingerprint density at radius 3 is 2.03 bits per heavy atom. The van der Waals surface area contributed by atoms with Crippen LogP contribution in [0.3, 0.4) is 0 Å². The third-order valence-electron chi connectivity index (χ3n) is 7.55. The van der Waals surface area contributed by atoms with Gasteiger partial charge in [0.2, 0.25) is 0 Å². The molecule has 3 heterocycles. The van der Waals surface area contributed by atoms with Gasteiger partial charge < -0.3 is 9.64 Å². The van der Waals surface area contributed by atoms with Gasteiger partial charge in [-0.1, -0.05) is 60.7 Å². The van der Waals surface area contributed by atoms with E-state index in [1.54, 1.807) is 0 Å². The van der Waals surface area contributed by atoms with Crippen LogP contribution in [0.25, 0.3) is 22.5 Å². The number of benzene rings is 2. The maximum Gasteiger partial charge on any atom is 0.310 e. The first-order valence-electron chi connectivity index (χ1n) is 13.4. The average Bonchev–Trinajstić information content (AvgIpc) is 2.98. The van der Waals surface area contributed by atoms with Crippen molar-refractivity contribution in [2.75, 3.05) is 32.8 Å². The number of amides is 1. The zero-order chi connectivity index (χ0) is 25.6. The minimum Gasteiger partial charge on any atom is -0.466 e. The van der Waals surface area contributed by atoms with Gasteiger partial charge in [-0.05, 0) is 51.3 Å². The van der Waals surface area contributed by atoms with Crippen molar-refractivity contribution in [3.8, 4) is 22.5 Å². The largest absolute Gasteiger partial charge is 0.466 e. The molecule has 0 aliphatic carbocycles. The van der Waals surface area contributed by atoms with Crippen LogP contribution in [0.4, 0.5) is 0 Å². The summed E-state index contributed by atoms with van der Waals surface area (Å²) in [7, 11) is 0. The maximum absolute atomic E-state index is 13.7. The number of pyridine rings is 1. The van der Waals surface area contributed by atoms with E-state index in [9.17, 15) is 9.59 Å². The van der Waals surface area contributed by atoms with Gasteiger partial charge in [0, 0.05) is 42.4 Å². The van der Waals surface area contributed by atoms with E-state index >= 15 is 0 Å². The highest BCUT2D eigenvalue weighted by Crippen LogP contribution is 2.28. The SMILES string of the molecule is CCOC(=O)[C@@H]1CCCN(C2CCN(C(=O)c3cc(-c4ccccc4)nc(-c4ccccc4)c3)CC2)C1. The Balaban J connectivity index is 1.30. The molecule has 6 heteroatoms. The summed E-state index contributed by atoms with van der Waals surface area (Å²) in [6.07, 6.45) is 3.76. The van der Waals surface area contributed by atoms with Crippen LogP contribution in [0.2, 0.25) is 0 Å². The fourth-order valence-electron chi connectivity index (χ4n) is 5.57. The molecule has 2 aliphatic rings. The van der Waals surface area contributed by atoms with Gasteiger partial charge in [-0.2, -0.15) is 0 Å². The molecule has 1 atom stereocenters. The summed E-state index contributed by atoms with van der Waals surface area (Å²) >= 11 is 0. The zero-order valence-electron chi connectivity index (χ0n) is 21.5. The number of aromatic nitrogens is 1. The minimum atomic E-state index is -0.0686. The number of nitrogens with zero attached hydrogens (tertiary/aromatic N) is 3. The van der Waals surface area contributed by atoms with Crippen LogP contribution in [-0.4, -0.2) is 65.5 Å². The monoisotopic (exact) mass is 497 g/mol. The quantitative estimate of drug-likeness (QED) is 0.433. The molecule has 192 valence electrons. The van der Waals surface area contributed by atoms with Crippen LogP contribution >= 0.6 is 0 Å². The fourth-order valence-corrected chi connectivity index (χ4v) is 5.57. The van der Waals surface area contributed by atoms with Crippen molar-refractivity contribution >= 4 is 11.9 Å². The molecule has 0 saturated carbocycles. The van der Waals surface area contributed by atoms with Crippen molar-refractivity contribution < 1.29 is 14.3 Å². The third kappa shape index (κ3) is 5.91. The Hall–Kier alpha value is -3.51. The summed E-state index contributed by atoms with van der Waals surface area (Å²) in [6, 6.07) is 24.3. The van der Waals surface area contributed by atoms with Gasteiger partial charge >= 0.3 is 5.97 Å². The van der Waals surface area contributed by atoms with Gasteiger partial charge in [-0.15, -0.1) is 0 Å². The number of likely N-dealkylation sites (tertiary alicyclic amines) is 2. The van der Waals surface area contributed by atoms with Crippen LogP contribution < -0.4 is 0 Å². The standard InChI is InChI=1S/C31H35N3O3/c1-2-37-31(36)25-14-9-17-34(22-25)27-15-18-33(19-16-27)30(35)26-20-28(23-10-5-3-6-11-23)32-29(21-26)24-12-7-4-8-13-24/h3-8,10-13,20-21,25,27H,2,9,14-19,22H2,1H3/t25-/m1/s1. The molecular weight excluding hydrogens is 462 g/mol. The van der Waals surface area contributed by atoms with Crippen molar-refractivity contribution in [3.05, 3.63) is 78.4 Å². The van der Waals surface area contributed by atoms with E-state index in [0.717, 1.165) is 61.3 Å². The molecule has 0 radical (unpaired) electrons. The molecule has 2 saturated heterocycles. The Morgan fingerprint density at radius 1 is 0.865 bits per heavy atom. The number of piperidine rings is 2. The lowest BCUT2D eigenvalue weighted by Crippen LogP contribution is -2.50. The molecule has 2 aromatic carbocycles. The smallest absolute Gasteiger partial charge is 0.310 e. The van der Waals surface area contributed by atoms with Crippen LogP contribution in [0, 0.1) is 5.92 Å². The molecule has 0 bridgehead atoms. The third-order valence-corrected chi connectivity index (χ3v) is 7.55. The highest BCUT2D eigenvalue weighted by Gasteiger charge is 2.33. The molecule has 0 unspecified atom stereocenters. The lowest BCUT2D eigenvalue weighted by molar-refractivity contribution is -0.150. The molecular formula is C31H35N3O3. The van der Waals surface area contributed by atoms with E-state index in [1.165, 1.54) is 0 Å². The number of carbonyl (C=O) groups excluding carboxylic acids is 2. The summed E-state index contributed by atoms with van der Waals surface area (Å²) in [5.41, 5.74) is 4.27. The first-order chi connectivity index (χ1) is 18.1. The van der Waals surface area contributed by atoms with Crippen LogP contribution in [-0.2, 0) is 9.53 Å². The average molecular weight is 498 g/mol. The Kier molecular flexibility index (Phi) is 7.95. The fraction of sp³-hybridized carbons (Fsp3) is 0.387. The molecule has 1 amide bonds. The summed E-state index contributed by atoms with van der Waals surface area (Å²) in [5, 5.41) is 0. The number of esters is 1. The molecule has 1 aromatic heterocycles. The van der Waals surface area contributed by atoms with E-state index in [-0.39, 0.29) is 17.8 Å². The Labute approximate surface area is 219 Å². The lowest BCUT2D eigenvalue weighted by Gasteiger charge is -2.41. The van der Waals surface area contributed by atoms with Crippen LogP contribution in [0.15, 0.2) is 72.8 Å². The molecule has 0 N–H and O–H groups in total. The number of hydrogen-bond acceptors (Lipinski definition) is 5. The van der Waals surface area contributed by atoms with Crippen LogP contribution in [0.5, 0.6) is 0 Å². The topological polar surface area (TPSA) is 62.7 Å². The number of ether oxygens (including phenoxy) is 1. The van der Waals surface area contributed by atoms with Crippen molar-refractivity contribution in [2.24, 2.45) is 5.92 Å². The highest BCUT2D eigenvalue weighted by atomic mass is 16.5. The first kappa shape index (κ1) is 25.2. The van der Waals surface area contributed by atoms with Gasteiger partial charge in [0.25, 0.3) is 5.91 Å². The molecule has 0 spiro atoms. The van der Waals surface area contributed by atoms with Gasteiger partial charge in [0.1, 0.15) is 0 Å². The van der Waals surface area contributed by atoms with Crippen molar-refractivity contribution in [3.63, 3.8) is 0 Å². The number of hydrogen-bond donors (Lipinski definition) is 0. The maximum atomic E-state index is 13.7. The number of rotatable bonds is 6. The first-order valence-corrected chi connectivity index (χ1v) is 13.4. The van der Waals surface area contributed by atoms with Gasteiger partial charge in [0.05, 0.1) is 23.9 Å². The summed E-state index contributed by atoms with van der Waals surface area (Å²) in [6.45, 7) is 5.51. The van der Waals surface area contributed by atoms with Crippen molar-refractivity contribution in [1.29, 1.82) is 0 Å². The Morgan fingerprint density at radius 2 is 1.46 bits per heavy atom. The van der Waals surface area contributed by atoms with E-state index in [0.29, 0.717) is 31.3 Å². The van der Waals surface area contributed by atoms with Crippen molar-refractivity contribution in [2.45, 2.75) is 38.6 Å². The number of carbonyl (C=O) groups is 2. The molecule has 2 fully saturated rings. The zero-order valence-corrected chi connectivity index (χ0v) is 21.5. The second-order valence-corrected chi connectivity index (χ2v) is 9.97. The second kappa shape index (κ2) is 11.7. The summed E-state index contributed by atoms with van der Waals surface area (Å²) < 4.78 is 5.27. The predicted octanol–water partition coefficient (Wildman–Crippen LogP) is 5.30. The molecule has 37 heavy (non-hydrogen) atoms. The summed E-state index contributed by atoms with van der Waals surface area (Å²) in [4.78, 5) is 35.3. The molecule has 5 rings (SSSR count). The minimum absolute atomic E-state index is 0.0296. The van der Waals surface area contributed by atoms with E-state index in [4.69, 9.17) is 9.72 Å². The Bertz CT molecular complexity index is 1150. The van der Waals surface area contributed by atoms with E-state index < -0.39 is 0 Å². The van der Waals surface area contributed by atoms with Crippen LogP contribution in [0.1, 0.15) is 43.0 Å². The summed E-state index contributed by atoms with van der Waals surface area (Å²) in [5.74, 6) is -0.0443. The van der Waals surface area contributed by atoms with Gasteiger partial charge in [-0.3, -0.25) is 14.5 Å². The molecule has 3 aromatic rings. The van der Waals surface area contributed by atoms with Gasteiger partial charge in [0.15, 0.2) is 0 Å². The van der Waals surface area contributed by atoms with E-state index in [2.05, 4.69) is 4.90 Å². The normalized spacial score (nSPS) is 18.9. The highest BCUT2D eigenvalue weighted by molar-refractivity contribution is 5.96. The lowest BCUT2D eigenvalue weighted by atomic mass is 9.93. The molecule has 6 nitrogen and oxygen atoms in total. The van der Waals surface area contributed by atoms with Crippen molar-refractivity contribution in [1.82, 2.24) is 14.8 Å². The predicted molar refractivity (Wildman–Crippen MR) is 145 cm³/mol.